The van der Waals surface area contributed by atoms with Crippen molar-refractivity contribution in [3.63, 3.8) is 0 Å². The van der Waals surface area contributed by atoms with Crippen LogP contribution < -0.4 is 10.2 Å². The molecule has 2 aromatic carbocycles. The summed E-state index contributed by atoms with van der Waals surface area (Å²) in [7, 11) is 0. The molecule has 3 rings (SSSR count). The Balaban J connectivity index is 1.82. The molecule has 2 nitrogen and oxygen atoms in total. The largest absolute Gasteiger partial charge is 0.385 e. The van der Waals surface area contributed by atoms with E-state index in [2.05, 4.69) is 80.4 Å². The summed E-state index contributed by atoms with van der Waals surface area (Å²) in [5.41, 5.74) is 7.09. The van der Waals surface area contributed by atoms with E-state index in [0.29, 0.717) is 0 Å². The molecule has 116 valence electrons. The lowest BCUT2D eigenvalue weighted by Crippen LogP contribution is -2.16. The molecule has 0 saturated heterocycles. The second kappa shape index (κ2) is 5.68. The van der Waals surface area contributed by atoms with Gasteiger partial charge in [0.2, 0.25) is 0 Å². The lowest BCUT2D eigenvalue weighted by molar-refractivity contribution is 0.590. The third-order valence-corrected chi connectivity index (χ3v) is 4.45. The number of anilines is 2. The number of nitrogens with zero attached hydrogens (tertiary/aromatic N) is 1. The van der Waals surface area contributed by atoms with Crippen molar-refractivity contribution in [1.29, 1.82) is 0 Å². The van der Waals surface area contributed by atoms with Gasteiger partial charge in [-0.05, 0) is 47.2 Å². The van der Waals surface area contributed by atoms with Gasteiger partial charge in [-0.2, -0.15) is 0 Å². The number of fused-ring (bicyclic) bond motifs is 1. The van der Waals surface area contributed by atoms with E-state index >= 15 is 0 Å². The molecule has 1 heterocycles. The van der Waals surface area contributed by atoms with Crippen LogP contribution in [0.3, 0.4) is 0 Å². The summed E-state index contributed by atoms with van der Waals surface area (Å²) in [5, 5.41) is 3.48. The zero-order chi connectivity index (χ0) is 15.7. The molecule has 2 aromatic rings. The molecule has 0 saturated carbocycles. The van der Waals surface area contributed by atoms with Gasteiger partial charge in [0.05, 0.1) is 0 Å². The van der Waals surface area contributed by atoms with Crippen molar-refractivity contribution in [2.75, 3.05) is 16.8 Å². The van der Waals surface area contributed by atoms with Gasteiger partial charge in [0, 0.05) is 31.0 Å². The fourth-order valence-corrected chi connectivity index (χ4v) is 3.13. The normalized spacial score (nSPS) is 14.1. The predicted molar refractivity (Wildman–Crippen MR) is 95.6 cm³/mol. The van der Waals surface area contributed by atoms with E-state index in [0.717, 1.165) is 19.6 Å². The highest BCUT2D eigenvalue weighted by Gasteiger charge is 2.22. The number of hydrogen-bond donors (Lipinski definition) is 1. The van der Waals surface area contributed by atoms with Gasteiger partial charge in [0.25, 0.3) is 0 Å². The average molecular weight is 294 g/mol. The zero-order valence-corrected chi connectivity index (χ0v) is 14.1. The van der Waals surface area contributed by atoms with Crippen LogP contribution >= 0.6 is 0 Å². The fourth-order valence-electron chi connectivity index (χ4n) is 3.13. The third-order valence-electron chi connectivity index (χ3n) is 4.45. The quantitative estimate of drug-likeness (QED) is 0.863. The summed E-state index contributed by atoms with van der Waals surface area (Å²) >= 11 is 0. The SMILES string of the molecule is CCNc1cccc2c1CN(c1ccc(C(C)(C)C)cc1)C2. The van der Waals surface area contributed by atoms with E-state index in [1.165, 1.54) is 28.1 Å². The maximum atomic E-state index is 3.48. The molecule has 0 amide bonds. The molecule has 2 heteroatoms. The van der Waals surface area contributed by atoms with Crippen molar-refractivity contribution in [3.05, 3.63) is 59.2 Å². The second-order valence-electron chi connectivity index (χ2n) is 7.13. The van der Waals surface area contributed by atoms with Gasteiger partial charge < -0.3 is 10.2 Å². The van der Waals surface area contributed by atoms with Gasteiger partial charge in [-0.3, -0.25) is 0 Å². The van der Waals surface area contributed by atoms with E-state index in [-0.39, 0.29) is 5.41 Å². The summed E-state index contributed by atoms with van der Waals surface area (Å²) in [4.78, 5) is 2.46. The highest BCUT2D eigenvalue weighted by atomic mass is 15.1. The first-order valence-electron chi connectivity index (χ1n) is 8.19. The minimum absolute atomic E-state index is 0.213. The Bertz CT molecular complexity index is 650. The Labute approximate surface area is 134 Å². The molecular formula is C20H26N2. The van der Waals surface area contributed by atoms with Crippen LogP contribution in [0.2, 0.25) is 0 Å². The van der Waals surface area contributed by atoms with Gasteiger partial charge in [0.1, 0.15) is 0 Å². The first kappa shape index (κ1) is 15.0. The number of nitrogens with one attached hydrogen (secondary N) is 1. The summed E-state index contributed by atoms with van der Waals surface area (Å²) in [6, 6.07) is 15.7. The molecule has 0 radical (unpaired) electrons. The molecule has 0 bridgehead atoms. The van der Waals surface area contributed by atoms with Gasteiger partial charge in [-0.1, -0.05) is 45.0 Å². The molecule has 0 fully saturated rings. The van der Waals surface area contributed by atoms with Crippen LogP contribution in [0.5, 0.6) is 0 Å². The molecule has 0 spiro atoms. The third kappa shape index (κ3) is 2.83. The predicted octanol–water partition coefficient (Wildman–Crippen LogP) is 4.94. The van der Waals surface area contributed by atoms with Crippen LogP contribution in [0.1, 0.15) is 44.4 Å². The molecule has 1 aliphatic rings. The first-order chi connectivity index (χ1) is 10.5. The van der Waals surface area contributed by atoms with Crippen LogP contribution in [0.25, 0.3) is 0 Å². The summed E-state index contributed by atoms with van der Waals surface area (Å²) in [6.45, 7) is 11.9. The van der Waals surface area contributed by atoms with Crippen LogP contribution in [0.4, 0.5) is 11.4 Å². The van der Waals surface area contributed by atoms with Crippen LogP contribution in [-0.4, -0.2) is 6.54 Å². The number of hydrogen-bond acceptors (Lipinski definition) is 2. The Morgan fingerprint density at radius 3 is 2.36 bits per heavy atom. The minimum atomic E-state index is 0.213. The topological polar surface area (TPSA) is 15.3 Å². The second-order valence-corrected chi connectivity index (χ2v) is 7.13. The maximum Gasteiger partial charge on any atom is 0.0457 e. The Morgan fingerprint density at radius 2 is 1.73 bits per heavy atom. The number of rotatable bonds is 3. The van der Waals surface area contributed by atoms with E-state index in [1.807, 2.05) is 0 Å². The molecular weight excluding hydrogens is 268 g/mol. The van der Waals surface area contributed by atoms with Crippen molar-refractivity contribution in [3.8, 4) is 0 Å². The van der Waals surface area contributed by atoms with E-state index in [1.54, 1.807) is 0 Å². The minimum Gasteiger partial charge on any atom is -0.385 e. The van der Waals surface area contributed by atoms with E-state index < -0.39 is 0 Å². The zero-order valence-electron chi connectivity index (χ0n) is 14.1. The molecule has 22 heavy (non-hydrogen) atoms. The number of benzene rings is 2. The van der Waals surface area contributed by atoms with Gasteiger partial charge in [0.15, 0.2) is 0 Å². The Hall–Kier alpha value is -1.96. The van der Waals surface area contributed by atoms with Crippen LogP contribution in [0.15, 0.2) is 42.5 Å². The Kier molecular flexibility index (Phi) is 3.86. The molecule has 1 N–H and O–H groups in total. The molecule has 0 atom stereocenters. The van der Waals surface area contributed by atoms with E-state index in [4.69, 9.17) is 0 Å². The molecule has 0 aromatic heterocycles. The fraction of sp³-hybridized carbons (Fsp3) is 0.400. The van der Waals surface area contributed by atoms with Crippen molar-refractivity contribution in [2.24, 2.45) is 0 Å². The smallest absolute Gasteiger partial charge is 0.0457 e. The molecule has 0 unspecified atom stereocenters. The molecule has 1 aliphatic heterocycles. The van der Waals surface area contributed by atoms with Gasteiger partial charge >= 0.3 is 0 Å². The van der Waals surface area contributed by atoms with Gasteiger partial charge in [-0.15, -0.1) is 0 Å². The van der Waals surface area contributed by atoms with Crippen molar-refractivity contribution in [1.82, 2.24) is 0 Å². The summed E-state index contributed by atoms with van der Waals surface area (Å²) < 4.78 is 0. The first-order valence-corrected chi connectivity index (χ1v) is 8.19. The highest BCUT2D eigenvalue weighted by molar-refractivity contribution is 5.62. The maximum absolute atomic E-state index is 3.48. The lowest BCUT2D eigenvalue weighted by atomic mass is 9.87. The monoisotopic (exact) mass is 294 g/mol. The summed E-state index contributed by atoms with van der Waals surface area (Å²) in [6.07, 6.45) is 0. The molecule has 0 aliphatic carbocycles. The van der Waals surface area contributed by atoms with Gasteiger partial charge in [-0.25, -0.2) is 0 Å². The van der Waals surface area contributed by atoms with Crippen molar-refractivity contribution < 1.29 is 0 Å². The van der Waals surface area contributed by atoms with Crippen LogP contribution in [-0.2, 0) is 18.5 Å². The average Bonchev–Trinajstić information content (AvgIpc) is 2.92. The van der Waals surface area contributed by atoms with Crippen molar-refractivity contribution >= 4 is 11.4 Å². The summed E-state index contributed by atoms with van der Waals surface area (Å²) in [5.74, 6) is 0. The standard InChI is InChI=1S/C20H26N2/c1-5-21-19-8-6-7-15-13-22(14-18(15)19)17-11-9-16(10-12-17)20(2,3)4/h6-12,21H,5,13-14H2,1-4H3. The Morgan fingerprint density at radius 1 is 1.00 bits per heavy atom. The van der Waals surface area contributed by atoms with Crippen molar-refractivity contribution in [2.45, 2.75) is 46.2 Å². The van der Waals surface area contributed by atoms with Crippen LogP contribution in [0, 0.1) is 0 Å². The lowest BCUT2D eigenvalue weighted by Gasteiger charge is -2.22. The highest BCUT2D eigenvalue weighted by Crippen LogP contribution is 2.33. The van der Waals surface area contributed by atoms with E-state index in [9.17, 15) is 0 Å².